The van der Waals surface area contributed by atoms with Gasteiger partial charge in [0.2, 0.25) is 0 Å². The highest BCUT2D eigenvalue weighted by Crippen LogP contribution is 2.16. The van der Waals surface area contributed by atoms with Crippen LogP contribution in [0.4, 0.5) is 5.69 Å². The normalized spacial score (nSPS) is 18.4. The van der Waals surface area contributed by atoms with Crippen molar-refractivity contribution in [3.8, 4) is 0 Å². The average Bonchev–Trinajstić information content (AvgIpc) is 2.85. The molecule has 0 aromatic heterocycles. The van der Waals surface area contributed by atoms with Crippen LogP contribution in [0, 0.1) is 0 Å². The van der Waals surface area contributed by atoms with E-state index in [9.17, 15) is 4.79 Å². The Balaban J connectivity index is 1.13. The van der Waals surface area contributed by atoms with Crippen molar-refractivity contribution in [1.82, 2.24) is 14.7 Å². The molecule has 2 aliphatic heterocycles. The molecule has 4 rings (SSSR count). The van der Waals surface area contributed by atoms with Gasteiger partial charge in [-0.25, -0.2) is 0 Å². The standard InChI is InChI=1S/C26H36N4O/c1-2-23-9-11-24(12-10-23)26(31)30-21-17-28(18-22-30)14-6-13-27-15-19-29(20-16-27)25-7-4-3-5-8-25/h3-5,7-12H,2,6,13-22H2,1H3. The van der Waals surface area contributed by atoms with Crippen LogP contribution in [0.15, 0.2) is 54.6 Å². The molecule has 0 spiro atoms. The summed E-state index contributed by atoms with van der Waals surface area (Å²) in [5.74, 6) is 0.179. The topological polar surface area (TPSA) is 30.0 Å². The number of aryl methyl sites for hydroxylation is 1. The average molecular weight is 421 g/mol. The lowest BCUT2D eigenvalue weighted by Crippen LogP contribution is -2.50. The summed E-state index contributed by atoms with van der Waals surface area (Å²) in [4.78, 5) is 22.4. The minimum Gasteiger partial charge on any atom is -0.369 e. The van der Waals surface area contributed by atoms with E-state index in [2.05, 4.69) is 64.1 Å². The lowest BCUT2D eigenvalue weighted by atomic mass is 10.1. The molecular formula is C26H36N4O. The number of carbonyl (C=O) groups is 1. The molecule has 0 aliphatic carbocycles. The van der Waals surface area contributed by atoms with Gasteiger partial charge in [-0.05, 0) is 55.8 Å². The maximum absolute atomic E-state index is 12.8. The molecule has 2 fully saturated rings. The van der Waals surface area contributed by atoms with Crippen molar-refractivity contribution >= 4 is 11.6 Å². The highest BCUT2D eigenvalue weighted by atomic mass is 16.2. The molecule has 2 heterocycles. The third-order valence-electron chi connectivity index (χ3n) is 6.71. The van der Waals surface area contributed by atoms with Crippen molar-refractivity contribution in [1.29, 1.82) is 0 Å². The monoisotopic (exact) mass is 420 g/mol. The molecule has 1 amide bonds. The summed E-state index contributed by atoms with van der Waals surface area (Å²) in [7, 11) is 0. The predicted octanol–water partition coefficient (Wildman–Crippen LogP) is 3.22. The second-order valence-corrected chi connectivity index (χ2v) is 8.70. The Kier molecular flexibility index (Phi) is 7.60. The SMILES string of the molecule is CCc1ccc(C(=O)N2CCN(CCCN3CCN(c4ccccc4)CC3)CC2)cc1. The summed E-state index contributed by atoms with van der Waals surface area (Å²) in [6.45, 7) is 12.6. The Morgan fingerprint density at radius 1 is 0.742 bits per heavy atom. The van der Waals surface area contributed by atoms with Crippen molar-refractivity contribution in [2.45, 2.75) is 19.8 Å². The van der Waals surface area contributed by atoms with E-state index in [1.165, 1.54) is 24.2 Å². The molecule has 2 saturated heterocycles. The van der Waals surface area contributed by atoms with Crippen molar-refractivity contribution in [3.63, 3.8) is 0 Å². The van der Waals surface area contributed by atoms with Gasteiger partial charge in [0.25, 0.3) is 5.91 Å². The van der Waals surface area contributed by atoms with E-state index in [-0.39, 0.29) is 5.91 Å². The van der Waals surface area contributed by atoms with Gasteiger partial charge in [0.15, 0.2) is 0 Å². The molecule has 2 aromatic carbocycles. The van der Waals surface area contributed by atoms with Crippen LogP contribution in [0.1, 0.15) is 29.3 Å². The van der Waals surface area contributed by atoms with Crippen LogP contribution in [-0.2, 0) is 6.42 Å². The van der Waals surface area contributed by atoms with E-state index >= 15 is 0 Å². The summed E-state index contributed by atoms with van der Waals surface area (Å²) in [5, 5.41) is 0. The van der Waals surface area contributed by atoms with Gasteiger partial charge < -0.3 is 9.80 Å². The largest absolute Gasteiger partial charge is 0.369 e. The van der Waals surface area contributed by atoms with Crippen LogP contribution in [0.25, 0.3) is 0 Å². The smallest absolute Gasteiger partial charge is 0.253 e. The highest BCUT2D eigenvalue weighted by molar-refractivity contribution is 5.94. The van der Waals surface area contributed by atoms with Crippen LogP contribution in [0.2, 0.25) is 0 Å². The lowest BCUT2D eigenvalue weighted by Gasteiger charge is -2.37. The van der Waals surface area contributed by atoms with E-state index in [0.29, 0.717) is 0 Å². The number of rotatable bonds is 7. The molecular weight excluding hydrogens is 384 g/mol. The maximum atomic E-state index is 12.8. The minimum atomic E-state index is 0.179. The molecule has 2 aliphatic rings. The molecule has 31 heavy (non-hydrogen) atoms. The Hall–Kier alpha value is -2.37. The molecule has 0 unspecified atom stereocenters. The van der Waals surface area contributed by atoms with Gasteiger partial charge in [-0.1, -0.05) is 37.3 Å². The maximum Gasteiger partial charge on any atom is 0.253 e. The fourth-order valence-electron chi connectivity index (χ4n) is 4.63. The first kappa shape index (κ1) is 21.8. The fraction of sp³-hybridized carbons (Fsp3) is 0.500. The zero-order valence-electron chi connectivity index (χ0n) is 18.9. The van der Waals surface area contributed by atoms with Gasteiger partial charge in [0, 0.05) is 63.6 Å². The van der Waals surface area contributed by atoms with E-state index in [1.54, 1.807) is 0 Å². The van der Waals surface area contributed by atoms with Crippen LogP contribution >= 0.6 is 0 Å². The van der Waals surface area contributed by atoms with Crippen molar-refractivity contribution in [3.05, 3.63) is 65.7 Å². The van der Waals surface area contributed by atoms with E-state index in [4.69, 9.17) is 0 Å². The van der Waals surface area contributed by atoms with E-state index in [0.717, 1.165) is 70.9 Å². The molecule has 5 heteroatoms. The number of amides is 1. The van der Waals surface area contributed by atoms with Crippen molar-refractivity contribution in [2.24, 2.45) is 0 Å². The summed E-state index contributed by atoms with van der Waals surface area (Å²) < 4.78 is 0. The van der Waals surface area contributed by atoms with Gasteiger partial charge in [-0.3, -0.25) is 14.6 Å². The first-order chi connectivity index (χ1) is 15.2. The van der Waals surface area contributed by atoms with Gasteiger partial charge in [0.05, 0.1) is 0 Å². The molecule has 166 valence electrons. The Labute approximate surface area is 187 Å². The van der Waals surface area contributed by atoms with Crippen molar-refractivity contribution < 1.29 is 4.79 Å². The molecule has 0 radical (unpaired) electrons. The van der Waals surface area contributed by atoms with Crippen LogP contribution in [-0.4, -0.2) is 86.1 Å². The first-order valence-electron chi connectivity index (χ1n) is 11.9. The molecule has 5 nitrogen and oxygen atoms in total. The molecule has 0 atom stereocenters. The molecule has 2 aromatic rings. The van der Waals surface area contributed by atoms with E-state index < -0.39 is 0 Å². The summed E-state index contributed by atoms with van der Waals surface area (Å²) >= 11 is 0. The first-order valence-corrected chi connectivity index (χ1v) is 11.9. The lowest BCUT2D eigenvalue weighted by molar-refractivity contribution is 0.0631. The summed E-state index contributed by atoms with van der Waals surface area (Å²) in [6, 6.07) is 18.8. The molecule has 0 N–H and O–H groups in total. The predicted molar refractivity (Wildman–Crippen MR) is 128 cm³/mol. The van der Waals surface area contributed by atoms with Gasteiger partial charge in [-0.2, -0.15) is 0 Å². The second-order valence-electron chi connectivity index (χ2n) is 8.70. The van der Waals surface area contributed by atoms with Crippen LogP contribution < -0.4 is 4.90 Å². The number of nitrogens with zero attached hydrogens (tertiary/aromatic N) is 4. The Morgan fingerprint density at radius 2 is 1.32 bits per heavy atom. The number of carbonyl (C=O) groups excluding carboxylic acids is 1. The minimum absolute atomic E-state index is 0.179. The van der Waals surface area contributed by atoms with Crippen molar-refractivity contribution in [2.75, 3.05) is 70.3 Å². The molecule has 0 bridgehead atoms. The number of para-hydroxylation sites is 1. The van der Waals surface area contributed by atoms with Crippen LogP contribution in [0.3, 0.4) is 0 Å². The molecule has 0 saturated carbocycles. The zero-order valence-corrected chi connectivity index (χ0v) is 18.9. The Bertz CT molecular complexity index is 807. The number of hydrogen-bond acceptors (Lipinski definition) is 4. The zero-order chi connectivity index (χ0) is 21.5. The second kappa shape index (κ2) is 10.8. The number of piperazine rings is 2. The third-order valence-corrected chi connectivity index (χ3v) is 6.71. The summed E-state index contributed by atoms with van der Waals surface area (Å²) in [5.41, 5.74) is 3.44. The van der Waals surface area contributed by atoms with Gasteiger partial charge >= 0.3 is 0 Å². The fourth-order valence-corrected chi connectivity index (χ4v) is 4.63. The van der Waals surface area contributed by atoms with Gasteiger partial charge in [-0.15, -0.1) is 0 Å². The quantitative estimate of drug-likeness (QED) is 0.688. The van der Waals surface area contributed by atoms with Gasteiger partial charge in [0.1, 0.15) is 0 Å². The number of anilines is 1. The third kappa shape index (κ3) is 5.86. The number of hydrogen-bond donors (Lipinski definition) is 0. The highest BCUT2D eigenvalue weighted by Gasteiger charge is 2.22. The Morgan fingerprint density at radius 3 is 1.90 bits per heavy atom. The summed E-state index contributed by atoms with van der Waals surface area (Å²) in [6.07, 6.45) is 2.22. The van der Waals surface area contributed by atoms with E-state index in [1.807, 2.05) is 17.0 Å². The van der Waals surface area contributed by atoms with Crippen LogP contribution in [0.5, 0.6) is 0 Å². The number of benzene rings is 2.